The van der Waals surface area contributed by atoms with Crippen molar-refractivity contribution in [2.45, 2.75) is 33.1 Å². The van der Waals surface area contributed by atoms with Crippen molar-refractivity contribution in [2.75, 3.05) is 32.7 Å². The molecule has 0 saturated carbocycles. The number of hydrogen-bond donors (Lipinski definition) is 3. The van der Waals surface area contributed by atoms with Crippen LogP contribution < -0.4 is 19.5 Å². The predicted molar refractivity (Wildman–Crippen MR) is 167 cm³/mol. The van der Waals surface area contributed by atoms with Gasteiger partial charge in [0.1, 0.15) is 5.75 Å². The summed E-state index contributed by atoms with van der Waals surface area (Å²) in [4.78, 5) is 48.4. The van der Waals surface area contributed by atoms with Gasteiger partial charge in [-0.15, -0.1) is 22.7 Å². The number of methoxy groups -OCH3 is 2. The Kier molecular flexibility index (Phi) is 10.3. The Morgan fingerprint density at radius 1 is 0.744 bits per heavy atom. The molecule has 0 aliphatic heterocycles. The van der Waals surface area contributed by atoms with Crippen LogP contribution in [0.4, 0.5) is 5.69 Å². The van der Waals surface area contributed by atoms with Gasteiger partial charge < -0.3 is 29.7 Å². The summed E-state index contributed by atoms with van der Waals surface area (Å²) in [5.41, 5.74) is 0.761. The summed E-state index contributed by atoms with van der Waals surface area (Å²) < 4.78 is 18.8. The molecule has 4 rings (SSSR count). The van der Waals surface area contributed by atoms with Crippen LogP contribution in [0, 0.1) is 11.8 Å². The van der Waals surface area contributed by atoms with Gasteiger partial charge in [0.2, 0.25) is 0 Å². The minimum atomic E-state index is -1.00. The highest BCUT2D eigenvalue weighted by atomic mass is 32.1. The van der Waals surface area contributed by atoms with Gasteiger partial charge in [0.15, 0.2) is 23.1 Å². The molecule has 3 N–H and O–H groups in total. The van der Waals surface area contributed by atoms with Crippen molar-refractivity contribution in [1.29, 1.82) is 0 Å². The van der Waals surface area contributed by atoms with E-state index in [1.54, 1.807) is 26.4 Å². The van der Waals surface area contributed by atoms with Crippen LogP contribution >= 0.6 is 22.7 Å². The van der Waals surface area contributed by atoms with E-state index in [0.29, 0.717) is 46.6 Å². The van der Waals surface area contributed by atoms with E-state index in [1.165, 1.54) is 36.5 Å². The first kappa shape index (κ1) is 31.8. The van der Waals surface area contributed by atoms with Crippen LogP contribution in [-0.2, 0) is 9.59 Å². The van der Waals surface area contributed by atoms with Crippen LogP contribution in [0.15, 0.2) is 36.4 Å². The number of carbonyl (C=O) groups is 4. The zero-order valence-corrected chi connectivity index (χ0v) is 25.9. The number of hydrogen-bond acceptors (Lipinski definition) is 10. The van der Waals surface area contributed by atoms with Crippen LogP contribution in [0.5, 0.6) is 17.2 Å². The van der Waals surface area contributed by atoms with E-state index in [9.17, 15) is 19.2 Å². The van der Waals surface area contributed by atoms with Gasteiger partial charge in [0.05, 0.1) is 48.1 Å². The standard InChI is InChI=1S/C31H33NO9S2/c1-16(30(35)36)8-21(33)28-12-18-10-20(23(39-3)14-26(18)42-28)32-6-5-7-41-25-11-19-13-29(22(34)9-17(2)31(37)38)43-27(19)15-24(25)40-4/h10-17,32H,5-9H2,1-4H3,(H,35,36)(H,37,38). The number of fused-ring (bicyclic) bond motifs is 2. The maximum atomic E-state index is 12.6. The number of carboxylic acids is 2. The van der Waals surface area contributed by atoms with Gasteiger partial charge in [-0.25, -0.2) is 0 Å². The summed E-state index contributed by atoms with van der Waals surface area (Å²) in [5, 5.41) is 23.3. The number of carbonyl (C=O) groups excluding carboxylic acids is 2. The van der Waals surface area contributed by atoms with Crippen molar-refractivity contribution < 1.29 is 43.6 Å². The minimum Gasteiger partial charge on any atom is -0.495 e. The molecule has 0 bridgehead atoms. The SMILES string of the molecule is COc1cc2sc(C(=O)CC(C)C(=O)O)cc2cc1NCCCOc1cc2cc(C(=O)CC(C)C(=O)O)sc2cc1OC. The molecule has 43 heavy (non-hydrogen) atoms. The molecule has 2 aromatic carbocycles. The highest BCUT2D eigenvalue weighted by Crippen LogP contribution is 2.38. The fourth-order valence-electron chi connectivity index (χ4n) is 4.38. The average Bonchev–Trinajstić information content (AvgIpc) is 3.59. The number of ketones is 2. The minimum absolute atomic E-state index is 0.0557. The Hall–Kier alpha value is -4.16. The number of nitrogens with one attached hydrogen (secondary N) is 1. The summed E-state index contributed by atoms with van der Waals surface area (Å²) in [5.74, 6) is -2.22. The Morgan fingerprint density at radius 3 is 1.77 bits per heavy atom. The number of aliphatic carboxylic acids is 2. The molecule has 0 spiro atoms. The third-order valence-electron chi connectivity index (χ3n) is 6.91. The number of thiophene rings is 2. The first-order valence-corrected chi connectivity index (χ1v) is 15.3. The van der Waals surface area contributed by atoms with Gasteiger partial charge in [-0.2, -0.15) is 0 Å². The summed E-state index contributed by atoms with van der Waals surface area (Å²) in [6.45, 7) is 3.98. The molecule has 0 aliphatic rings. The lowest BCUT2D eigenvalue weighted by molar-refractivity contribution is -0.141. The lowest BCUT2D eigenvalue weighted by Gasteiger charge is -2.13. The molecule has 4 aromatic rings. The molecule has 0 aliphatic carbocycles. The van der Waals surface area contributed by atoms with Gasteiger partial charge in [-0.1, -0.05) is 13.8 Å². The van der Waals surface area contributed by atoms with E-state index in [4.69, 9.17) is 24.4 Å². The largest absolute Gasteiger partial charge is 0.495 e. The van der Waals surface area contributed by atoms with E-state index in [-0.39, 0.29) is 24.4 Å². The molecular weight excluding hydrogens is 594 g/mol. The predicted octanol–water partition coefficient (Wildman–Crippen LogP) is 6.60. The van der Waals surface area contributed by atoms with E-state index in [0.717, 1.165) is 25.9 Å². The van der Waals surface area contributed by atoms with Crippen LogP contribution in [0.3, 0.4) is 0 Å². The molecule has 2 aromatic heterocycles. The van der Waals surface area contributed by atoms with Gasteiger partial charge in [-0.3, -0.25) is 19.2 Å². The molecular formula is C31H33NO9S2. The van der Waals surface area contributed by atoms with Crippen molar-refractivity contribution in [2.24, 2.45) is 11.8 Å². The quantitative estimate of drug-likeness (QED) is 0.0916. The molecule has 2 heterocycles. The fraction of sp³-hybridized carbons (Fsp3) is 0.355. The molecule has 0 amide bonds. The molecule has 0 fully saturated rings. The molecule has 2 atom stereocenters. The molecule has 228 valence electrons. The zero-order valence-electron chi connectivity index (χ0n) is 24.2. The summed E-state index contributed by atoms with van der Waals surface area (Å²) >= 11 is 2.61. The smallest absolute Gasteiger partial charge is 0.306 e. The van der Waals surface area contributed by atoms with Crippen molar-refractivity contribution in [3.8, 4) is 17.2 Å². The van der Waals surface area contributed by atoms with Crippen molar-refractivity contribution in [3.63, 3.8) is 0 Å². The number of rotatable bonds is 16. The Bertz CT molecular complexity index is 1550. The lowest BCUT2D eigenvalue weighted by Crippen LogP contribution is -2.13. The van der Waals surface area contributed by atoms with Gasteiger partial charge in [0.25, 0.3) is 0 Å². The Morgan fingerprint density at radius 2 is 1.26 bits per heavy atom. The molecule has 12 heteroatoms. The van der Waals surface area contributed by atoms with E-state index in [1.807, 2.05) is 24.3 Å². The first-order valence-electron chi connectivity index (χ1n) is 13.6. The number of benzene rings is 2. The van der Waals surface area contributed by atoms with Crippen LogP contribution in [0.2, 0.25) is 0 Å². The normalized spacial score (nSPS) is 12.6. The summed E-state index contributed by atoms with van der Waals surface area (Å²) in [6, 6.07) is 10.9. The van der Waals surface area contributed by atoms with Gasteiger partial charge in [0, 0.05) is 40.9 Å². The van der Waals surface area contributed by atoms with E-state index in [2.05, 4.69) is 5.32 Å². The number of carboxylic acid groups (broad SMARTS) is 2. The van der Waals surface area contributed by atoms with Crippen molar-refractivity contribution in [3.05, 3.63) is 46.2 Å². The van der Waals surface area contributed by atoms with Crippen molar-refractivity contribution in [1.82, 2.24) is 0 Å². The summed E-state index contributed by atoms with van der Waals surface area (Å²) in [7, 11) is 3.12. The molecule has 0 saturated heterocycles. The first-order chi connectivity index (χ1) is 20.5. The second-order valence-electron chi connectivity index (χ2n) is 10.2. The maximum Gasteiger partial charge on any atom is 0.306 e. The monoisotopic (exact) mass is 627 g/mol. The highest BCUT2D eigenvalue weighted by Gasteiger charge is 2.21. The fourth-order valence-corrected chi connectivity index (χ4v) is 6.42. The Labute approximate surface area is 256 Å². The van der Waals surface area contributed by atoms with Crippen LogP contribution in [-0.4, -0.2) is 61.1 Å². The average molecular weight is 628 g/mol. The topological polar surface area (TPSA) is 148 Å². The van der Waals surface area contributed by atoms with E-state index >= 15 is 0 Å². The van der Waals surface area contributed by atoms with Crippen molar-refractivity contribution >= 4 is 72.0 Å². The number of Topliss-reactive ketones (excluding diaryl/α,β-unsaturated/α-hetero) is 2. The third kappa shape index (κ3) is 7.63. The molecule has 10 nitrogen and oxygen atoms in total. The number of ether oxygens (including phenoxy) is 3. The van der Waals surface area contributed by atoms with E-state index < -0.39 is 23.8 Å². The summed E-state index contributed by atoms with van der Waals surface area (Å²) in [6.07, 6.45) is 0.522. The molecule has 0 radical (unpaired) electrons. The second kappa shape index (κ2) is 13.9. The number of anilines is 1. The van der Waals surface area contributed by atoms with Crippen LogP contribution in [0.1, 0.15) is 52.5 Å². The lowest BCUT2D eigenvalue weighted by atomic mass is 10.0. The van der Waals surface area contributed by atoms with Gasteiger partial charge in [-0.05, 0) is 41.5 Å². The zero-order chi connectivity index (χ0) is 31.3. The molecule has 2 unspecified atom stereocenters. The third-order valence-corrected chi connectivity index (χ3v) is 9.19. The second-order valence-corrected chi connectivity index (χ2v) is 12.4. The maximum absolute atomic E-state index is 12.6. The van der Waals surface area contributed by atoms with Crippen LogP contribution in [0.25, 0.3) is 20.2 Å². The highest BCUT2D eigenvalue weighted by molar-refractivity contribution is 7.21. The Balaban J connectivity index is 1.38. The van der Waals surface area contributed by atoms with Gasteiger partial charge >= 0.3 is 11.9 Å².